The van der Waals surface area contributed by atoms with E-state index in [1.54, 1.807) is 0 Å². The van der Waals surface area contributed by atoms with Crippen molar-refractivity contribution in [2.45, 2.75) is 12.8 Å². The number of aldehydes is 1. The molecule has 1 heterocycles. The Hall–Kier alpha value is -0.970. The molecule has 2 nitrogen and oxygen atoms in total. The lowest BCUT2D eigenvalue weighted by Gasteiger charge is -2.03. The number of carbonyl (C=O) groups excluding carboxylic acids is 1. The largest absolute Gasteiger partial charge is 0.332 e. The van der Waals surface area contributed by atoms with E-state index in [0.717, 1.165) is 13.1 Å². The van der Waals surface area contributed by atoms with E-state index in [9.17, 15) is 4.79 Å². The Balaban J connectivity index is 2.34. The molecule has 1 aliphatic rings. The molecule has 9 heavy (non-hydrogen) atoms. The van der Waals surface area contributed by atoms with Gasteiger partial charge in [0.25, 0.3) is 0 Å². The van der Waals surface area contributed by atoms with Gasteiger partial charge in [0, 0.05) is 19.1 Å². The maximum atomic E-state index is 9.76. The molecule has 2 heteroatoms. The molecule has 0 aromatic rings. The van der Waals surface area contributed by atoms with Gasteiger partial charge in [0.2, 0.25) is 0 Å². The van der Waals surface area contributed by atoms with E-state index >= 15 is 0 Å². The second kappa shape index (κ2) is 3.13. The topological polar surface area (TPSA) is 20.3 Å². The summed E-state index contributed by atoms with van der Waals surface area (Å²) in [5, 5.41) is 0. The number of likely N-dealkylation sites (tertiary alicyclic amines) is 1. The highest BCUT2D eigenvalue weighted by Crippen LogP contribution is 2.04. The Morgan fingerprint density at radius 1 is 1.33 bits per heavy atom. The predicted octanol–water partition coefficient (Wildman–Crippen LogP) is 0.242. The molecular formula is C7H9NO. The number of hydrogen-bond acceptors (Lipinski definition) is 2. The Morgan fingerprint density at radius 2 is 2.00 bits per heavy atom. The summed E-state index contributed by atoms with van der Waals surface area (Å²) in [5.41, 5.74) is 0. The number of nitrogens with zero attached hydrogens (tertiary/aromatic N) is 1. The Kier molecular flexibility index (Phi) is 2.14. The highest BCUT2D eigenvalue weighted by molar-refractivity contribution is 5.72. The second-order valence-electron chi connectivity index (χ2n) is 2.07. The molecule has 0 aromatic carbocycles. The molecule has 1 aliphatic heterocycles. The Bertz CT molecular complexity index is 148. The fourth-order valence-corrected chi connectivity index (χ4v) is 0.947. The van der Waals surface area contributed by atoms with Crippen LogP contribution in [0.1, 0.15) is 12.8 Å². The summed E-state index contributed by atoms with van der Waals surface area (Å²) in [6, 6.07) is 2.75. The molecule has 0 aromatic heterocycles. The highest BCUT2D eigenvalue weighted by Gasteiger charge is 2.05. The van der Waals surface area contributed by atoms with Crippen molar-refractivity contribution in [3.05, 3.63) is 0 Å². The van der Waals surface area contributed by atoms with Crippen molar-refractivity contribution in [1.82, 2.24) is 4.90 Å². The van der Waals surface area contributed by atoms with Crippen LogP contribution in [0.2, 0.25) is 0 Å². The van der Waals surface area contributed by atoms with Gasteiger partial charge in [0.05, 0.1) is 0 Å². The van der Waals surface area contributed by atoms with Crippen molar-refractivity contribution in [1.29, 1.82) is 0 Å². The van der Waals surface area contributed by atoms with E-state index in [4.69, 9.17) is 0 Å². The highest BCUT2D eigenvalue weighted by atomic mass is 16.1. The SMILES string of the molecule is O=CC#CN1CCCC1. The van der Waals surface area contributed by atoms with Gasteiger partial charge in [-0.25, -0.2) is 0 Å². The maximum Gasteiger partial charge on any atom is 0.194 e. The molecular weight excluding hydrogens is 114 g/mol. The molecule has 0 unspecified atom stereocenters. The van der Waals surface area contributed by atoms with Gasteiger partial charge in [-0.15, -0.1) is 0 Å². The average Bonchev–Trinajstić information content (AvgIpc) is 2.34. The van der Waals surface area contributed by atoms with Gasteiger partial charge in [-0.2, -0.15) is 0 Å². The van der Waals surface area contributed by atoms with Crippen molar-refractivity contribution < 1.29 is 4.79 Å². The lowest BCUT2D eigenvalue weighted by molar-refractivity contribution is -0.103. The lowest BCUT2D eigenvalue weighted by Crippen LogP contribution is -2.10. The van der Waals surface area contributed by atoms with Crippen molar-refractivity contribution in [2.75, 3.05) is 13.1 Å². The molecule has 0 aliphatic carbocycles. The van der Waals surface area contributed by atoms with Crippen LogP contribution in [0, 0.1) is 12.0 Å². The fraction of sp³-hybridized carbons (Fsp3) is 0.571. The van der Waals surface area contributed by atoms with Crippen molar-refractivity contribution >= 4 is 6.29 Å². The summed E-state index contributed by atoms with van der Waals surface area (Å²) in [7, 11) is 0. The zero-order chi connectivity index (χ0) is 6.53. The monoisotopic (exact) mass is 123 g/mol. The first-order valence-corrected chi connectivity index (χ1v) is 3.13. The summed E-state index contributed by atoms with van der Waals surface area (Å²) in [6.45, 7) is 2.06. The fourth-order valence-electron chi connectivity index (χ4n) is 0.947. The Labute approximate surface area is 54.8 Å². The second-order valence-corrected chi connectivity index (χ2v) is 2.07. The maximum absolute atomic E-state index is 9.76. The third-order valence-electron chi connectivity index (χ3n) is 1.39. The molecule has 0 N–H and O–H groups in total. The van der Waals surface area contributed by atoms with E-state index in [0.29, 0.717) is 6.29 Å². The zero-order valence-corrected chi connectivity index (χ0v) is 5.26. The molecule has 0 saturated carbocycles. The third kappa shape index (κ3) is 1.77. The summed E-state index contributed by atoms with van der Waals surface area (Å²) in [6.07, 6.45) is 3.07. The van der Waals surface area contributed by atoms with E-state index < -0.39 is 0 Å². The summed E-state index contributed by atoms with van der Waals surface area (Å²) in [4.78, 5) is 11.7. The van der Waals surface area contributed by atoms with Crippen LogP contribution in [-0.4, -0.2) is 24.3 Å². The van der Waals surface area contributed by atoms with Crippen LogP contribution >= 0.6 is 0 Å². The molecule has 1 rings (SSSR count). The number of rotatable bonds is 0. The van der Waals surface area contributed by atoms with Crippen LogP contribution in [0.5, 0.6) is 0 Å². The molecule has 0 spiro atoms. The minimum Gasteiger partial charge on any atom is -0.332 e. The van der Waals surface area contributed by atoms with Gasteiger partial charge >= 0.3 is 0 Å². The van der Waals surface area contributed by atoms with Gasteiger partial charge < -0.3 is 4.90 Å². The summed E-state index contributed by atoms with van der Waals surface area (Å²) < 4.78 is 0. The van der Waals surface area contributed by atoms with Gasteiger partial charge in [0.1, 0.15) is 0 Å². The number of carbonyl (C=O) groups is 1. The molecule has 1 saturated heterocycles. The molecule has 0 bridgehead atoms. The molecule has 0 atom stereocenters. The van der Waals surface area contributed by atoms with Crippen molar-refractivity contribution in [3.8, 4) is 12.0 Å². The van der Waals surface area contributed by atoms with Crippen LogP contribution in [0.3, 0.4) is 0 Å². The smallest absolute Gasteiger partial charge is 0.194 e. The minimum atomic E-state index is 0.637. The van der Waals surface area contributed by atoms with Crippen LogP contribution in [0.4, 0.5) is 0 Å². The Morgan fingerprint density at radius 3 is 2.56 bits per heavy atom. The first-order valence-electron chi connectivity index (χ1n) is 3.13. The first-order chi connectivity index (χ1) is 4.43. The van der Waals surface area contributed by atoms with E-state index in [1.807, 2.05) is 4.90 Å². The summed E-state index contributed by atoms with van der Waals surface area (Å²) >= 11 is 0. The van der Waals surface area contributed by atoms with Crippen molar-refractivity contribution in [3.63, 3.8) is 0 Å². The average molecular weight is 123 g/mol. The summed E-state index contributed by atoms with van der Waals surface area (Å²) in [5.74, 6) is 2.39. The third-order valence-corrected chi connectivity index (χ3v) is 1.39. The predicted molar refractivity (Wildman–Crippen MR) is 34.6 cm³/mol. The van der Waals surface area contributed by atoms with E-state index in [1.165, 1.54) is 12.8 Å². The van der Waals surface area contributed by atoms with Gasteiger partial charge in [-0.3, -0.25) is 4.79 Å². The molecule has 0 amide bonds. The first kappa shape index (κ1) is 6.15. The van der Waals surface area contributed by atoms with Gasteiger partial charge in [0.15, 0.2) is 6.29 Å². The number of hydrogen-bond donors (Lipinski definition) is 0. The quantitative estimate of drug-likeness (QED) is 0.340. The van der Waals surface area contributed by atoms with E-state index in [-0.39, 0.29) is 0 Å². The van der Waals surface area contributed by atoms with Crippen LogP contribution in [-0.2, 0) is 4.79 Å². The van der Waals surface area contributed by atoms with Crippen molar-refractivity contribution in [2.24, 2.45) is 0 Å². The minimum absolute atomic E-state index is 0.637. The van der Waals surface area contributed by atoms with E-state index in [2.05, 4.69) is 12.0 Å². The van der Waals surface area contributed by atoms with Crippen LogP contribution in [0.15, 0.2) is 0 Å². The molecule has 0 radical (unpaired) electrons. The van der Waals surface area contributed by atoms with Gasteiger partial charge in [-0.05, 0) is 18.8 Å². The molecule has 1 fully saturated rings. The van der Waals surface area contributed by atoms with Gasteiger partial charge in [-0.1, -0.05) is 0 Å². The van der Waals surface area contributed by atoms with Crippen LogP contribution < -0.4 is 0 Å². The normalized spacial score (nSPS) is 16.7. The molecule has 48 valence electrons. The zero-order valence-electron chi connectivity index (χ0n) is 5.26. The standard InChI is InChI=1S/C7H9NO/c9-7-3-6-8-4-1-2-5-8/h7H,1-2,4-5H2. The van der Waals surface area contributed by atoms with Crippen LogP contribution in [0.25, 0.3) is 0 Å². The lowest BCUT2D eigenvalue weighted by atomic mass is 10.4.